The van der Waals surface area contributed by atoms with Crippen molar-refractivity contribution in [2.45, 2.75) is 37.3 Å². The molecule has 0 aromatic carbocycles. The fourth-order valence-electron chi connectivity index (χ4n) is 1.50. The number of nitrogens with one attached hydrogen (secondary N) is 1. The number of aliphatic carboxylic acids is 1. The van der Waals surface area contributed by atoms with Crippen LogP contribution < -0.4 is 5.32 Å². The Kier molecular flexibility index (Phi) is 6.50. The first kappa shape index (κ1) is 16.5. The van der Waals surface area contributed by atoms with Gasteiger partial charge in [-0.2, -0.15) is 8.78 Å². The molecule has 0 saturated carbocycles. The lowest BCUT2D eigenvalue weighted by molar-refractivity contribution is -0.139. The van der Waals surface area contributed by atoms with Gasteiger partial charge in [-0.15, -0.1) is 0 Å². The van der Waals surface area contributed by atoms with E-state index in [0.29, 0.717) is 24.6 Å². The van der Waals surface area contributed by atoms with Crippen molar-refractivity contribution in [1.29, 1.82) is 0 Å². The van der Waals surface area contributed by atoms with Crippen molar-refractivity contribution in [2.24, 2.45) is 0 Å². The zero-order valence-corrected chi connectivity index (χ0v) is 11.6. The van der Waals surface area contributed by atoms with Crippen LogP contribution in [-0.4, -0.2) is 28.8 Å². The highest BCUT2D eigenvalue weighted by molar-refractivity contribution is 7.98. The standard InChI is InChI=1S/C12H15F2NO4S/c1-2-3-8(11(17)18)15-10(16)9-5-4-7(19-9)6-20-12(13)14/h4-5,8,12H,2-3,6H2,1H3,(H,15,16)(H,17,18)/t8-/m0/s1. The molecule has 1 aromatic rings. The van der Waals surface area contributed by atoms with E-state index >= 15 is 0 Å². The van der Waals surface area contributed by atoms with E-state index in [4.69, 9.17) is 9.52 Å². The van der Waals surface area contributed by atoms with E-state index in [0.717, 1.165) is 0 Å². The highest BCUT2D eigenvalue weighted by Gasteiger charge is 2.21. The summed E-state index contributed by atoms with van der Waals surface area (Å²) >= 11 is 0.383. The molecule has 0 spiro atoms. The zero-order chi connectivity index (χ0) is 15.1. The molecule has 2 N–H and O–H groups in total. The number of carbonyl (C=O) groups excluding carboxylic acids is 1. The number of amides is 1. The molecule has 0 aliphatic carbocycles. The van der Waals surface area contributed by atoms with E-state index in [2.05, 4.69) is 5.32 Å². The van der Waals surface area contributed by atoms with E-state index in [9.17, 15) is 18.4 Å². The lowest BCUT2D eigenvalue weighted by Gasteiger charge is -2.12. The number of alkyl halides is 2. The number of hydrogen-bond acceptors (Lipinski definition) is 4. The monoisotopic (exact) mass is 307 g/mol. The smallest absolute Gasteiger partial charge is 0.326 e. The van der Waals surface area contributed by atoms with Gasteiger partial charge in [0, 0.05) is 0 Å². The van der Waals surface area contributed by atoms with E-state index in [1.165, 1.54) is 12.1 Å². The number of thioether (sulfide) groups is 1. The third kappa shape index (κ3) is 5.20. The average molecular weight is 307 g/mol. The van der Waals surface area contributed by atoms with Gasteiger partial charge in [0.05, 0.1) is 5.75 Å². The summed E-state index contributed by atoms with van der Waals surface area (Å²) in [4.78, 5) is 22.7. The Morgan fingerprint density at radius 3 is 2.70 bits per heavy atom. The van der Waals surface area contributed by atoms with Crippen LogP contribution in [0.3, 0.4) is 0 Å². The molecule has 1 atom stereocenters. The topological polar surface area (TPSA) is 79.5 Å². The molecule has 1 amide bonds. The van der Waals surface area contributed by atoms with Crippen molar-refractivity contribution in [3.63, 3.8) is 0 Å². The Balaban J connectivity index is 2.60. The molecule has 0 bridgehead atoms. The van der Waals surface area contributed by atoms with Crippen molar-refractivity contribution < 1.29 is 27.9 Å². The molecule has 0 fully saturated rings. The maximum atomic E-state index is 12.0. The number of hydrogen-bond donors (Lipinski definition) is 2. The van der Waals surface area contributed by atoms with E-state index in [-0.39, 0.29) is 17.3 Å². The minimum absolute atomic E-state index is 0.0533. The van der Waals surface area contributed by atoms with Gasteiger partial charge in [0.25, 0.3) is 11.7 Å². The molecule has 0 radical (unpaired) electrons. The third-order valence-electron chi connectivity index (χ3n) is 2.42. The normalized spacial score (nSPS) is 12.4. The predicted octanol–water partition coefficient (Wildman–Crippen LogP) is 2.72. The summed E-state index contributed by atoms with van der Waals surface area (Å²) < 4.78 is 29.1. The fraction of sp³-hybridized carbons (Fsp3) is 0.500. The molecular formula is C12H15F2NO4S. The van der Waals surface area contributed by atoms with Crippen molar-refractivity contribution in [1.82, 2.24) is 5.32 Å². The minimum Gasteiger partial charge on any atom is -0.480 e. The van der Waals surface area contributed by atoms with Crippen LogP contribution in [0.1, 0.15) is 36.1 Å². The molecule has 5 nitrogen and oxygen atoms in total. The van der Waals surface area contributed by atoms with Gasteiger partial charge in [0.15, 0.2) is 5.76 Å². The molecule has 0 aliphatic heterocycles. The maximum absolute atomic E-state index is 12.0. The van der Waals surface area contributed by atoms with Gasteiger partial charge in [-0.3, -0.25) is 4.79 Å². The van der Waals surface area contributed by atoms with Crippen LogP contribution in [0.5, 0.6) is 0 Å². The lowest BCUT2D eigenvalue weighted by atomic mass is 10.1. The average Bonchev–Trinajstić information content (AvgIpc) is 2.84. The van der Waals surface area contributed by atoms with Gasteiger partial charge in [0.1, 0.15) is 11.8 Å². The van der Waals surface area contributed by atoms with Crippen LogP contribution in [-0.2, 0) is 10.5 Å². The first-order valence-electron chi connectivity index (χ1n) is 5.96. The van der Waals surface area contributed by atoms with Crippen LogP contribution in [0.25, 0.3) is 0 Å². The van der Waals surface area contributed by atoms with Crippen LogP contribution in [0.2, 0.25) is 0 Å². The number of rotatable bonds is 8. The second kappa shape index (κ2) is 7.88. The summed E-state index contributed by atoms with van der Waals surface area (Å²) in [5.74, 6) is -4.21. The SMILES string of the molecule is CCC[C@H](NC(=O)c1ccc(CSC(F)F)o1)C(=O)O. The lowest BCUT2D eigenvalue weighted by Crippen LogP contribution is -2.40. The number of carboxylic acid groups (broad SMARTS) is 1. The zero-order valence-electron chi connectivity index (χ0n) is 10.8. The van der Waals surface area contributed by atoms with Gasteiger partial charge >= 0.3 is 5.97 Å². The maximum Gasteiger partial charge on any atom is 0.326 e. The second-order valence-electron chi connectivity index (χ2n) is 3.99. The van der Waals surface area contributed by atoms with Gasteiger partial charge in [-0.1, -0.05) is 25.1 Å². The summed E-state index contributed by atoms with van der Waals surface area (Å²) in [5.41, 5.74) is 0. The Morgan fingerprint density at radius 2 is 2.15 bits per heavy atom. The third-order valence-corrected chi connectivity index (χ3v) is 3.12. The summed E-state index contributed by atoms with van der Waals surface area (Å²) in [6.07, 6.45) is 0.904. The number of carboxylic acids is 1. The summed E-state index contributed by atoms with van der Waals surface area (Å²) in [6, 6.07) is 1.76. The molecule has 1 aromatic heterocycles. The van der Waals surface area contributed by atoms with Crippen LogP contribution in [0.15, 0.2) is 16.5 Å². The largest absolute Gasteiger partial charge is 0.480 e. The number of carbonyl (C=O) groups is 2. The number of furan rings is 1. The molecule has 8 heteroatoms. The van der Waals surface area contributed by atoms with E-state index in [1.54, 1.807) is 6.92 Å². The second-order valence-corrected chi connectivity index (χ2v) is 4.97. The predicted molar refractivity (Wildman–Crippen MR) is 69.8 cm³/mol. The van der Waals surface area contributed by atoms with Gasteiger partial charge < -0.3 is 14.8 Å². The fourth-order valence-corrected chi connectivity index (χ4v) is 1.94. The van der Waals surface area contributed by atoms with Crippen LogP contribution in [0, 0.1) is 0 Å². The quantitative estimate of drug-likeness (QED) is 0.772. The highest BCUT2D eigenvalue weighted by atomic mass is 32.2. The van der Waals surface area contributed by atoms with Crippen LogP contribution >= 0.6 is 11.8 Å². The van der Waals surface area contributed by atoms with Crippen LogP contribution in [0.4, 0.5) is 8.78 Å². The van der Waals surface area contributed by atoms with Gasteiger partial charge in [0.2, 0.25) is 0 Å². The Morgan fingerprint density at radius 1 is 1.45 bits per heavy atom. The molecule has 0 unspecified atom stereocenters. The minimum atomic E-state index is -2.52. The Bertz CT molecular complexity index is 464. The molecule has 20 heavy (non-hydrogen) atoms. The van der Waals surface area contributed by atoms with E-state index < -0.39 is 23.7 Å². The first-order valence-corrected chi connectivity index (χ1v) is 7.01. The molecule has 0 saturated heterocycles. The van der Waals surface area contributed by atoms with Crippen molar-refractivity contribution in [2.75, 3.05) is 0 Å². The van der Waals surface area contributed by atoms with Crippen molar-refractivity contribution in [3.8, 4) is 0 Å². The molecule has 0 aliphatic rings. The Hall–Kier alpha value is -1.57. The molecule has 1 heterocycles. The number of halogens is 2. The summed E-state index contributed by atoms with van der Waals surface area (Å²) in [7, 11) is 0. The van der Waals surface area contributed by atoms with Crippen molar-refractivity contribution >= 4 is 23.6 Å². The summed E-state index contributed by atoms with van der Waals surface area (Å²) in [6.45, 7) is 1.80. The van der Waals surface area contributed by atoms with E-state index in [1.807, 2.05) is 0 Å². The van der Waals surface area contributed by atoms with Crippen molar-refractivity contribution in [3.05, 3.63) is 23.7 Å². The molecular weight excluding hydrogens is 292 g/mol. The highest BCUT2D eigenvalue weighted by Crippen LogP contribution is 2.21. The van der Waals surface area contributed by atoms with Gasteiger partial charge in [-0.25, -0.2) is 4.79 Å². The Labute approximate surface area is 118 Å². The molecule has 1 rings (SSSR count). The molecule has 112 valence electrons. The summed E-state index contributed by atoms with van der Waals surface area (Å²) in [5, 5.41) is 11.2. The first-order chi connectivity index (χ1) is 9.43. The van der Waals surface area contributed by atoms with Gasteiger partial charge in [-0.05, 0) is 18.6 Å².